The normalized spacial score (nSPS) is 20.8. The minimum atomic E-state index is -1.13. The Labute approximate surface area is 182 Å². The Kier molecular flexibility index (Phi) is 8.28. The van der Waals surface area contributed by atoms with E-state index in [1.54, 1.807) is 18.7 Å². The van der Waals surface area contributed by atoms with E-state index in [0.29, 0.717) is 0 Å². The Hall–Kier alpha value is -2.35. The van der Waals surface area contributed by atoms with Gasteiger partial charge in [-0.3, -0.25) is 19.7 Å². The van der Waals surface area contributed by atoms with Crippen molar-refractivity contribution in [3.8, 4) is 0 Å². The van der Waals surface area contributed by atoms with E-state index in [1.807, 2.05) is 13.8 Å². The lowest BCUT2D eigenvalue weighted by molar-refractivity contribution is -0.134. The lowest BCUT2D eigenvalue weighted by Crippen LogP contribution is -2.46. The van der Waals surface area contributed by atoms with E-state index >= 15 is 0 Å². The SMILES string of the molecule is CC.CC(C)C(=O)CC1(O)CCN(c2cc(F)c(C3CCC(=O)NC3=O)cc2F)CC1. The molecule has 0 aromatic heterocycles. The summed E-state index contributed by atoms with van der Waals surface area (Å²) in [5.74, 6) is -3.48. The summed E-state index contributed by atoms with van der Waals surface area (Å²) in [6.07, 6.45) is 0.840. The highest BCUT2D eigenvalue weighted by Crippen LogP contribution is 2.35. The molecule has 3 rings (SSSR count). The Morgan fingerprint density at radius 3 is 2.35 bits per heavy atom. The highest BCUT2D eigenvalue weighted by molar-refractivity contribution is 6.01. The molecule has 31 heavy (non-hydrogen) atoms. The molecule has 0 saturated carbocycles. The first-order valence-electron chi connectivity index (χ1n) is 10.9. The van der Waals surface area contributed by atoms with Crippen LogP contribution in [0.15, 0.2) is 12.1 Å². The number of carbonyl (C=O) groups excluding carboxylic acids is 3. The maximum Gasteiger partial charge on any atom is 0.234 e. The molecule has 2 N–H and O–H groups in total. The fraction of sp³-hybridized carbons (Fsp3) is 0.609. The third kappa shape index (κ3) is 5.87. The third-order valence-electron chi connectivity index (χ3n) is 5.86. The first kappa shape index (κ1) is 24.9. The Morgan fingerprint density at radius 2 is 1.81 bits per heavy atom. The van der Waals surface area contributed by atoms with Gasteiger partial charge in [-0.15, -0.1) is 0 Å². The van der Waals surface area contributed by atoms with Crippen LogP contribution < -0.4 is 10.2 Å². The molecular weight excluding hydrogens is 406 g/mol. The zero-order valence-corrected chi connectivity index (χ0v) is 18.6. The van der Waals surface area contributed by atoms with Crippen molar-refractivity contribution >= 4 is 23.3 Å². The summed E-state index contributed by atoms with van der Waals surface area (Å²) in [7, 11) is 0. The quantitative estimate of drug-likeness (QED) is 0.688. The number of carbonyl (C=O) groups is 3. The minimum Gasteiger partial charge on any atom is -0.389 e. The molecular formula is C23H32F2N2O4. The van der Waals surface area contributed by atoms with Crippen molar-refractivity contribution < 1.29 is 28.3 Å². The summed E-state index contributed by atoms with van der Waals surface area (Å²) < 4.78 is 29.5. The number of nitrogens with zero attached hydrogens (tertiary/aromatic N) is 1. The summed E-state index contributed by atoms with van der Waals surface area (Å²) in [6.45, 7) is 8.14. The van der Waals surface area contributed by atoms with E-state index in [4.69, 9.17) is 0 Å². The van der Waals surface area contributed by atoms with Gasteiger partial charge in [0.1, 0.15) is 17.4 Å². The summed E-state index contributed by atoms with van der Waals surface area (Å²) in [5.41, 5.74) is -1.12. The summed E-state index contributed by atoms with van der Waals surface area (Å²) in [6, 6.07) is 2.09. The summed E-state index contributed by atoms with van der Waals surface area (Å²) >= 11 is 0. The van der Waals surface area contributed by atoms with Crippen molar-refractivity contribution in [1.82, 2.24) is 5.32 Å². The van der Waals surface area contributed by atoms with Gasteiger partial charge < -0.3 is 10.0 Å². The van der Waals surface area contributed by atoms with Crippen LogP contribution >= 0.6 is 0 Å². The van der Waals surface area contributed by atoms with Crippen LogP contribution in [0.4, 0.5) is 14.5 Å². The van der Waals surface area contributed by atoms with Gasteiger partial charge in [0, 0.05) is 43.5 Å². The Bertz CT molecular complexity index is 833. The molecule has 1 aromatic carbocycles. The number of imide groups is 1. The molecule has 0 spiro atoms. The molecule has 2 amide bonds. The van der Waals surface area contributed by atoms with Gasteiger partial charge in [-0.25, -0.2) is 8.78 Å². The zero-order chi connectivity index (χ0) is 23.3. The number of anilines is 1. The number of nitrogens with one attached hydrogen (secondary N) is 1. The van der Waals surface area contributed by atoms with Gasteiger partial charge >= 0.3 is 0 Å². The minimum absolute atomic E-state index is 0.0215. The molecule has 0 radical (unpaired) electrons. The first-order chi connectivity index (χ1) is 14.6. The molecule has 8 heteroatoms. The monoisotopic (exact) mass is 438 g/mol. The molecule has 0 bridgehead atoms. The van der Waals surface area contributed by atoms with E-state index in [-0.39, 0.29) is 68.1 Å². The molecule has 2 fully saturated rings. The number of halogens is 2. The second-order valence-corrected chi connectivity index (χ2v) is 8.34. The van der Waals surface area contributed by atoms with Crippen LogP contribution in [-0.4, -0.2) is 41.4 Å². The second kappa shape index (κ2) is 10.3. The van der Waals surface area contributed by atoms with Gasteiger partial charge in [-0.1, -0.05) is 27.7 Å². The maximum atomic E-state index is 14.8. The lowest BCUT2D eigenvalue weighted by Gasteiger charge is -2.39. The number of aliphatic hydroxyl groups is 1. The number of ketones is 1. The number of piperidine rings is 2. The number of hydrogen-bond donors (Lipinski definition) is 2. The van der Waals surface area contributed by atoms with Crippen LogP contribution in [0.3, 0.4) is 0 Å². The van der Waals surface area contributed by atoms with Crippen LogP contribution in [0.1, 0.15) is 71.3 Å². The Balaban J connectivity index is 0.00000166. The van der Waals surface area contributed by atoms with Crippen molar-refractivity contribution in [2.24, 2.45) is 5.92 Å². The van der Waals surface area contributed by atoms with Gasteiger partial charge in [0.15, 0.2) is 0 Å². The van der Waals surface area contributed by atoms with Gasteiger partial charge in [-0.2, -0.15) is 0 Å². The third-order valence-corrected chi connectivity index (χ3v) is 5.86. The molecule has 0 aliphatic carbocycles. The van der Waals surface area contributed by atoms with Crippen molar-refractivity contribution in [2.45, 2.75) is 71.3 Å². The largest absolute Gasteiger partial charge is 0.389 e. The molecule has 6 nitrogen and oxygen atoms in total. The van der Waals surface area contributed by atoms with E-state index in [2.05, 4.69) is 5.32 Å². The standard InChI is InChI=1S/C21H26F2N2O4.C2H6/c1-12(2)18(26)11-21(29)5-7-25(8-6-21)17-10-15(22)14(9-16(17)23)13-3-4-19(27)24-20(13)28;1-2/h9-10,12-13,29H,3-8,11H2,1-2H3,(H,24,27,28);1-2H3. The van der Waals surface area contributed by atoms with E-state index in [0.717, 1.165) is 12.1 Å². The number of amides is 2. The maximum absolute atomic E-state index is 14.8. The molecule has 1 aromatic rings. The van der Waals surface area contributed by atoms with Crippen molar-refractivity contribution in [1.29, 1.82) is 0 Å². The van der Waals surface area contributed by atoms with Gasteiger partial charge in [0.25, 0.3) is 0 Å². The molecule has 2 saturated heterocycles. The topological polar surface area (TPSA) is 86.7 Å². The molecule has 1 unspecified atom stereocenters. The fourth-order valence-corrected chi connectivity index (χ4v) is 3.92. The predicted molar refractivity (Wildman–Crippen MR) is 114 cm³/mol. The van der Waals surface area contributed by atoms with Gasteiger partial charge in [0.05, 0.1) is 17.2 Å². The van der Waals surface area contributed by atoms with E-state index < -0.39 is 35.0 Å². The van der Waals surface area contributed by atoms with Gasteiger partial charge in [-0.05, 0) is 25.3 Å². The molecule has 2 aliphatic rings. The highest BCUT2D eigenvalue weighted by atomic mass is 19.1. The predicted octanol–water partition coefficient (Wildman–Crippen LogP) is 3.46. The van der Waals surface area contributed by atoms with E-state index in [9.17, 15) is 28.3 Å². The average molecular weight is 439 g/mol. The zero-order valence-electron chi connectivity index (χ0n) is 18.6. The number of benzene rings is 1. The van der Waals surface area contributed by atoms with Crippen LogP contribution in [0.2, 0.25) is 0 Å². The van der Waals surface area contributed by atoms with Gasteiger partial charge in [0.2, 0.25) is 11.8 Å². The van der Waals surface area contributed by atoms with Crippen LogP contribution in [0.5, 0.6) is 0 Å². The van der Waals surface area contributed by atoms with Crippen LogP contribution in [-0.2, 0) is 14.4 Å². The molecule has 2 aliphatic heterocycles. The van der Waals surface area contributed by atoms with Crippen molar-refractivity contribution in [3.63, 3.8) is 0 Å². The number of rotatable bonds is 5. The van der Waals surface area contributed by atoms with Crippen LogP contribution in [0.25, 0.3) is 0 Å². The lowest BCUT2D eigenvalue weighted by atomic mass is 9.84. The number of hydrogen-bond acceptors (Lipinski definition) is 5. The summed E-state index contributed by atoms with van der Waals surface area (Å²) in [4.78, 5) is 36.9. The van der Waals surface area contributed by atoms with Crippen LogP contribution in [0, 0.1) is 17.6 Å². The highest BCUT2D eigenvalue weighted by Gasteiger charge is 2.36. The van der Waals surface area contributed by atoms with E-state index in [1.165, 1.54) is 0 Å². The fourth-order valence-electron chi connectivity index (χ4n) is 3.92. The number of Topliss-reactive ketones (excluding diaryl/α,β-unsaturated/α-hetero) is 1. The van der Waals surface area contributed by atoms with Crippen molar-refractivity contribution in [3.05, 3.63) is 29.3 Å². The Morgan fingerprint density at radius 1 is 1.19 bits per heavy atom. The molecule has 1 atom stereocenters. The smallest absolute Gasteiger partial charge is 0.234 e. The summed E-state index contributed by atoms with van der Waals surface area (Å²) in [5, 5.41) is 12.8. The second-order valence-electron chi connectivity index (χ2n) is 8.34. The average Bonchev–Trinajstić information content (AvgIpc) is 2.72. The molecule has 2 heterocycles. The van der Waals surface area contributed by atoms with Crippen molar-refractivity contribution in [2.75, 3.05) is 18.0 Å². The first-order valence-corrected chi connectivity index (χ1v) is 10.9. The molecule has 172 valence electrons.